The van der Waals surface area contributed by atoms with E-state index < -0.39 is 0 Å². The minimum atomic E-state index is 0.530. The first kappa shape index (κ1) is 14.6. The monoisotopic (exact) mass is 267 g/mol. The Morgan fingerprint density at radius 2 is 2.05 bits per heavy atom. The van der Waals surface area contributed by atoms with Crippen LogP contribution in [-0.4, -0.2) is 37.8 Å². The first-order chi connectivity index (χ1) is 9.29. The molecule has 2 saturated carbocycles. The zero-order valence-electron chi connectivity index (χ0n) is 12.5. The second-order valence-electron chi connectivity index (χ2n) is 5.86. The molecule has 19 heavy (non-hydrogen) atoms. The molecule has 0 bridgehead atoms. The van der Waals surface area contributed by atoms with E-state index >= 15 is 0 Å². The van der Waals surface area contributed by atoms with Crippen LogP contribution in [0.15, 0.2) is 4.99 Å². The summed E-state index contributed by atoms with van der Waals surface area (Å²) >= 11 is 0. The smallest absolute Gasteiger partial charge is 0.191 e. The Morgan fingerprint density at radius 3 is 2.68 bits per heavy atom. The van der Waals surface area contributed by atoms with Crippen LogP contribution >= 0.6 is 0 Å². The lowest BCUT2D eigenvalue weighted by Gasteiger charge is -2.12. The molecule has 4 heteroatoms. The van der Waals surface area contributed by atoms with Gasteiger partial charge in [-0.2, -0.15) is 0 Å². The van der Waals surface area contributed by atoms with Gasteiger partial charge in [0.2, 0.25) is 0 Å². The Hall–Kier alpha value is -0.770. The maximum atomic E-state index is 5.85. The highest BCUT2D eigenvalue weighted by Crippen LogP contribution is 2.28. The third-order valence-corrected chi connectivity index (χ3v) is 4.00. The van der Waals surface area contributed by atoms with Crippen LogP contribution in [0.2, 0.25) is 0 Å². The van der Waals surface area contributed by atoms with E-state index in [4.69, 9.17) is 4.74 Å². The lowest BCUT2D eigenvalue weighted by Crippen LogP contribution is -2.39. The van der Waals surface area contributed by atoms with Crippen LogP contribution < -0.4 is 10.6 Å². The van der Waals surface area contributed by atoms with Gasteiger partial charge in [-0.3, -0.25) is 4.99 Å². The Balaban J connectivity index is 1.57. The van der Waals surface area contributed by atoms with Gasteiger partial charge in [0.1, 0.15) is 0 Å². The number of nitrogens with zero attached hydrogens (tertiary/aromatic N) is 1. The molecule has 0 aromatic heterocycles. The van der Waals surface area contributed by atoms with Gasteiger partial charge in [-0.1, -0.05) is 19.8 Å². The predicted octanol–water partition coefficient (Wildman–Crippen LogP) is 2.30. The molecule has 2 fully saturated rings. The van der Waals surface area contributed by atoms with Crippen molar-refractivity contribution in [3.63, 3.8) is 0 Å². The summed E-state index contributed by atoms with van der Waals surface area (Å²) in [6, 6.07) is 0.632. The number of nitrogens with one attached hydrogen (secondary N) is 2. The summed E-state index contributed by atoms with van der Waals surface area (Å²) in [6.07, 6.45) is 8.03. The van der Waals surface area contributed by atoms with Crippen LogP contribution in [0.1, 0.15) is 52.4 Å². The van der Waals surface area contributed by atoms with Crippen molar-refractivity contribution in [3.8, 4) is 0 Å². The summed E-state index contributed by atoms with van der Waals surface area (Å²) in [6.45, 7) is 7.01. The Kier molecular flexibility index (Phi) is 5.95. The van der Waals surface area contributed by atoms with Crippen LogP contribution in [0.25, 0.3) is 0 Å². The number of ether oxygens (including phenoxy) is 1. The average Bonchev–Trinajstić information content (AvgIpc) is 2.90. The zero-order valence-corrected chi connectivity index (χ0v) is 12.5. The normalized spacial score (nSPS) is 27.6. The molecular formula is C15H29N3O. The van der Waals surface area contributed by atoms with Gasteiger partial charge in [0.25, 0.3) is 0 Å². The Bertz CT molecular complexity index is 287. The highest BCUT2D eigenvalue weighted by molar-refractivity contribution is 5.80. The third-order valence-electron chi connectivity index (χ3n) is 4.00. The molecule has 2 unspecified atom stereocenters. The molecule has 2 atom stereocenters. The van der Waals surface area contributed by atoms with Crippen molar-refractivity contribution >= 4 is 5.96 Å². The van der Waals surface area contributed by atoms with Crippen LogP contribution in [-0.2, 0) is 4.74 Å². The molecule has 0 heterocycles. The topological polar surface area (TPSA) is 45.7 Å². The van der Waals surface area contributed by atoms with Crippen LogP contribution in [0, 0.1) is 5.92 Å². The first-order valence-corrected chi connectivity index (χ1v) is 7.96. The van der Waals surface area contributed by atoms with Gasteiger partial charge in [0.05, 0.1) is 6.10 Å². The van der Waals surface area contributed by atoms with E-state index in [9.17, 15) is 0 Å². The fourth-order valence-electron chi connectivity index (χ4n) is 2.58. The maximum absolute atomic E-state index is 5.85. The summed E-state index contributed by atoms with van der Waals surface area (Å²) in [5.41, 5.74) is 0. The van der Waals surface area contributed by atoms with Gasteiger partial charge in [0, 0.05) is 25.7 Å². The van der Waals surface area contributed by atoms with Gasteiger partial charge in [-0.25, -0.2) is 0 Å². The molecule has 4 nitrogen and oxygen atoms in total. The molecule has 0 amide bonds. The molecular weight excluding hydrogens is 238 g/mol. The molecule has 2 aliphatic rings. The van der Waals surface area contributed by atoms with Gasteiger partial charge in [0.15, 0.2) is 5.96 Å². The summed E-state index contributed by atoms with van der Waals surface area (Å²) in [4.78, 5) is 4.61. The van der Waals surface area contributed by atoms with Crippen LogP contribution in [0.5, 0.6) is 0 Å². The summed E-state index contributed by atoms with van der Waals surface area (Å²) < 4.78 is 5.85. The van der Waals surface area contributed by atoms with E-state index in [1.165, 1.54) is 32.1 Å². The second-order valence-corrected chi connectivity index (χ2v) is 5.86. The number of guanidine groups is 1. The molecule has 0 spiro atoms. The Morgan fingerprint density at radius 1 is 1.32 bits per heavy atom. The largest absolute Gasteiger partial charge is 0.378 e. The molecule has 2 N–H and O–H groups in total. The number of aliphatic imine (C=N–C) groups is 1. The van der Waals surface area contributed by atoms with Crippen molar-refractivity contribution in [2.45, 2.75) is 64.5 Å². The standard InChI is InChI=1S/C15H29N3O/c1-3-16-15(18-14-11-12(14)2)17-9-6-10-19-13-7-4-5-8-13/h12-14H,3-11H2,1-2H3,(H2,16,17,18). The van der Waals surface area contributed by atoms with Gasteiger partial charge < -0.3 is 15.4 Å². The van der Waals surface area contributed by atoms with Gasteiger partial charge >= 0.3 is 0 Å². The molecule has 0 radical (unpaired) electrons. The van der Waals surface area contributed by atoms with Crippen LogP contribution in [0.4, 0.5) is 0 Å². The molecule has 2 aliphatic carbocycles. The fourth-order valence-corrected chi connectivity index (χ4v) is 2.58. The second kappa shape index (κ2) is 7.73. The van der Waals surface area contributed by atoms with Gasteiger partial charge in [-0.15, -0.1) is 0 Å². The lowest BCUT2D eigenvalue weighted by atomic mass is 10.3. The maximum Gasteiger partial charge on any atom is 0.191 e. The van der Waals surface area contributed by atoms with Gasteiger partial charge in [-0.05, 0) is 38.5 Å². The highest BCUT2D eigenvalue weighted by Gasteiger charge is 2.33. The van der Waals surface area contributed by atoms with E-state index in [-0.39, 0.29) is 0 Å². The first-order valence-electron chi connectivity index (χ1n) is 7.96. The van der Waals surface area contributed by atoms with Crippen LogP contribution in [0.3, 0.4) is 0 Å². The average molecular weight is 267 g/mol. The van der Waals surface area contributed by atoms with Crippen molar-refractivity contribution in [1.29, 1.82) is 0 Å². The minimum absolute atomic E-state index is 0.530. The van der Waals surface area contributed by atoms with E-state index in [1.807, 2.05) is 0 Å². The number of hydrogen-bond acceptors (Lipinski definition) is 2. The van der Waals surface area contributed by atoms with E-state index in [1.54, 1.807) is 0 Å². The molecule has 0 saturated heterocycles. The SMILES string of the molecule is CCNC(=NCCCOC1CCCC1)NC1CC1C. The zero-order chi connectivity index (χ0) is 13.5. The Labute approximate surface area is 117 Å². The quantitative estimate of drug-likeness (QED) is 0.423. The minimum Gasteiger partial charge on any atom is -0.378 e. The summed E-state index contributed by atoms with van der Waals surface area (Å²) in [5.74, 6) is 1.77. The molecule has 0 aromatic carbocycles. The lowest BCUT2D eigenvalue weighted by molar-refractivity contribution is 0.0579. The van der Waals surface area contributed by atoms with Crippen molar-refractivity contribution in [2.75, 3.05) is 19.7 Å². The van der Waals surface area contributed by atoms with E-state index in [0.717, 1.165) is 38.0 Å². The van der Waals surface area contributed by atoms with Crippen molar-refractivity contribution in [3.05, 3.63) is 0 Å². The highest BCUT2D eigenvalue weighted by atomic mass is 16.5. The van der Waals surface area contributed by atoms with E-state index in [0.29, 0.717) is 12.1 Å². The molecule has 0 aliphatic heterocycles. The number of hydrogen-bond donors (Lipinski definition) is 2. The van der Waals surface area contributed by atoms with Crippen molar-refractivity contribution in [2.24, 2.45) is 10.9 Å². The molecule has 2 rings (SSSR count). The van der Waals surface area contributed by atoms with Crippen molar-refractivity contribution in [1.82, 2.24) is 10.6 Å². The summed E-state index contributed by atoms with van der Waals surface area (Å²) in [5, 5.41) is 6.78. The number of rotatable bonds is 7. The third kappa shape index (κ3) is 5.39. The molecule has 0 aromatic rings. The fraction of sp³-hybridized carbons (Fsp3) is 0.933. The predicted molar refractivity (Wildman–Crippen MR) is 79.5 cm³/mol. The van der Waals surface area contributed by atoms with Crippen molar-refractivity contribution < 1.29 is 4.74 Å². The van der Waals surface area contributed by atoms with E-state index in [2.05, 4.69) is 29.5 Å². The molecule has 110 valence electrons. The summed E-state index contributed by atoms with van der Waals surface area (Å²) in [7, 11) is 0.